The molecule has 108 valence electrons. The summed E-state index contributed by atoms with van der Waals surface area (Å²) in [6.45, 7) is 4.85. The smallest absolute Gasteiger partial charge is 0.144 e. The van der Waals surface area contributed by atoms with Crippen LogP contribution >= 0.6 is 11.6 Å². The lowest BCUT2D eigenvalue weighted by molar-refractivity contribution is 0.472. The maximum absolute atomic E-state index is 10.3. The maximum atomic E-state index is 10.3. The van der Waals surface area contributed by atoms with Crippen molar-refractivity contribution in [1.82, 2.24) is 9.55 Å². The van der Waals surface area contributed by atoms with Gasteiger partial charge in [0.2, 0.25) is 0 Å². The minimum Gasteiger partial charge on any atom is -0.507 e. The Hall–Kier alpha value is -2.00. The summed E-state index contributed by atoms with van der Waals surface area (Å²) in [6.07, 6.45) is 0.984. The first-order valence-electron chi connectivity index (χ1n) is 7.06. The van der Waals surface area contributed by atoms with Gasteiger partial charge in [0.25, 0.3) is 0 Å². The third-order valence-corrected chi connectivity index (χ3v) is 3.87. The molecule has 1 heterocycles. The minimum atomic E-state index is 0.288. The van der Waals surface area contributed by atoms with Gasteiger partial charge < -0.3 is 9.67 Å². The highest BCUT2D eigenvalue weighted by Crippen LogP contribution is 2.34. The molecule has 3 aromatic rings. The van der Waals surface area contributed by atoms with Crippen molar-refractivity contribution in [3.05, 3.63) is 47.0 Å². The molecule has 0 aliphatic carbocycles. The average molecular weight is 301 g/mol. The second-order valence-electron chi connectivity index (χ2n) is 5.19. The quantitative estimate of drug-likeness (QED) is 0.756. The van der Waals surface area contributed by atoms with Crippen molar-refractivity contribution in [2.75, 3.05) is 0 Å². The molecule has 3 rings (SSSR count). The zero-order valence-electron chi connectivity index (χ0n) is 12.1. The molecule has 21 heavy (non-hydrogen) atoms. The minimum absolute atomic E-state index is 0.288. The van der Waals surface area contributed by atoms with E-state index in [0.29, 0.717) is 5.02 Å². The number of hydrogen-bond donors (Lipinski definition) is 1. The summed E-state index contributed by atoms with van der Waals surface area (Å²) >= 11 is 6.11. The van der Waals surface area contributed by atoms with Crippen LogP contribution in [-0.4, -0.2) is 14.7 Å². The van der Waals surface area contributed by atoms with Gasteiger partial charge in [-0.05, 0) is 43.2 Å². The molecule has 0 radical (unpaired) electrons. The molecule has 0 aliphatic rings. The average Bonchev–Trinajstić information content (AvgIpc) is 2.81. The lowest BCUT2D eigenvalue weighted by atomic mass is 10.1. The van der Waals surface area contributed by atoms with Crippen molar-refractivity contribution in [1.29, 1.82) is 0 Å². The van der Waals surface area contributed by atoms with Crippen LogP contribution in [0.15, 0.2) is 36.4 Å². The number of imidazole rings is 1. The Labute approximate surface area is 128 Å². The van der Waals surface area contributed by atoms with Gasteiger partial charge in [0.1, 0.15) is 11.6 Å². The molecule has 1 N–H and O–H groups in total. The van der Waals surface area contributed by atoms with Crippen LogP contribution in [-0.2, 0) is 6.54 Å². The van der Waals surface area contributed by atoms with Crippen LogP contribution in [0.3, 0.4) is 0 Å². The highest BCUT2D eigenvalue weighted by Gasteiger charge is 2.16. The van der Waals surface area contributed by atoms with E-state index < -0.39 is 0 Å². The Morgan fingerprint density at radius 3 is 2.81 bits per heavy atom. The fraction of sp³-hybridized carbons (Fsp3) is 0.235. The highest BCUT2D eigenvalue weighted by molar-refractivity contribution is 6.31. The summed E-state index contributed by atoms with van der Waals surface area (Å²) in [4.78, 5) is 4.69. The van der Waals surface area contributed by atoms with E-state index in [9.17, 15) is 5.11 Å². The van der Waals surface area contributed by atoms with Crippen molar-refractivity contribution >= 4 is 22.6 Å². The Bertz CT molecular complexity index is 808. The molecule has 1 aromatic heterocycles. The van der Waals surface area contributed by atoms with E-state index in [-0.39, 0.29) is 5.75 Å². The van der Waals surface area contributed by atoms with Gasteiger partial charge in [0.05, 0.1) is 16.6 Å². The van der Waals surface area contributed by atoms with Crippen molar-refractivity contribution in [3.8, 4) is 17.1 Å². The molecule has 0 fully saturated rings. The predicted octanol–water partition coefficient (Wildman–Crippen LogP) is 4.78. The van der Waals surface area contributed by atoms with Crippen molar-refractivity contribution in [2.45, 2.75) is 26.8 Å². The molecule has 0 amide bonds. The van der Waals surface area contributed by atoms with Crippen LogP contribution in [0.1, 0.15) is 18.9 Å². The molecule has 0 atom stereocenters. The largest absolute Gasteiger partial charge is 0.507 e. The topological polar surface area (TPSA) is 38.0 Å². The zero-order valence-corrected chi connectivity index (χ0v) is 12.9. The number of halogens is 1. The van der Waals surface area contributed by atoms with E-state index in [1.807, 2.05) is 43.3 Å². The van der Waals surface area contributed by atoms with Crippen LogP contribution in [0, 0.1) is 6.92 Å². The molecular weight excluding hydrogens is 284 g/mol. The first kappa shape index (κ1) is 14.0. The summed E-state index contributed by atoms with van der Waals surface area (Å²) in [5.41, 5.74) is 3.50. The molecule has 2 aromatic carbocycles. The van der Waals surface area contributed by atoms with Crippen LogP contribution < -0.4 is 0 Å². The molecule has 3 nitrogen and oxygen atoms in total. The summed E-state index contributed by atoms with van der Waals surface area (Å²) in [7, 11) is 0. The Morgan fingerprint density at radius 2 is 2.05 bits per heavy atom. The summed E-state index contributed by atoms with van der Waals surface area (Å²) in [5, 5.41) is 11.0. The Kier molecular flexibility index (Phi) is 3.60. The highest BCUT2D eigenvalue weighted by atomic mass is 35.5. The fourth-order valence-electron chi connectivity index (χ4n) is 2.59. The number of nitrogens with zero attached hydrogens (tertiary/aromatic N) is 2. The summed E-state index contributed by atoms with van der Waals surface area (Å²) in [6, 6.07) is 11.4. The number of rotatable bonds is 3. The van der Waals surface area contributed by atoms with Crippen LogP contribution in [0.4, 0.5) is 0 Å². The lowest BCUT2D eigenvalue weighted by Crippen LogP contribution is -2.00. The normalized spacial score (nSPS) is 11.2. The van der Waals surface area contributed by atoms with Gasteiger partial charge in [-0.15, -0.1) is 0 Å². The number of benzene rings is 2. The number of aromatic nitrogens is 2. The van der Waals surface area contributed by atoms with Gasteiger partial charge >= 0.3 is 0 Å². The van der Waals surface area contributed by atoms with Gasteiger partial charge in [0, 0.05) is 11.6 Å². The van der Waals surface area contributed by atoms with Gasteiger partial charge in [0.15, 0.2) is 0 Å². The molecule has 0 saturated carbocycles. The number of hydrogen-bond acceptors (Lipinski definition) is 2. The summed E-state index contributed by atoms with van der Waals surface area (Å²) in [5.74, 6) is 1.08. The molecule has 0 spiro atoms. The van der Waals surface area contributed by atoms with Crippen LogP contribution in [0.2, 0.25) is 5.02 Å². The Balaban J connectivity index is 2.31. The third-order valence-electron chi connectivity index (χ3n) is 3.64. The van der Waals surface area contributed by atoms with Gasteiger partial charge in [-0.1, -0.05) is 30.7 Å². The van der Waals surface area contributed by atoms with E-state index >= 15 is 0 Å². The number of phenolic OH excluding ortho intramolecular Hbond substituents is 1. The van der Waals surface area contributed by atoms with Gasteiger partial charge in [-0.25, -0.2) is 4.98 Å². The monoisotopic (exact) mass is 300 g/mol. The molecular formula is C17H17ClN2O. The van der Waals surface area contributed by atoms with Crippen molar-refractivity contribution in [2.24, 2.45) is 0 Å². The second-order valence-corrected chi connectivity index (χ2v) is 5.63. The van der Waals surface area contributed by atoms with E-state index in [4.69, 9.17) is 11.6 Å². The maximum Gasteiger partial charge on any atom is 0.144 e. The molecule has 0 bridgehead atoms. The van der Waals surface area contributed by atoms with E-state index in [0.717, 1.165) is 41.0 Å². The van der Waals surface area contributed by atoms with Crippen LogP contribution in [0.25, 0.3) is 22.4 Å². The zero-order chi connectivity index (χ0) is 15.0. The van der Waals surface area contributed by atoms with Crippen molar-refractivity contribution < 1.29 is 5.11 Å². The molecule has 0 unspecified atom stereocenters. The molecule has 0 aliphatic heterocycles. The SMILES string of the molecule is CCCn1c(-c2cccc(C)c2O)nc2ccc(Cl)cc21. The number of aromatic hydroxyl groups is 1. The third kappa shape index (κ3) is 2.38. The number of aryl methyl sites for hydroxylation is 2. The van der Waals surface area contributed by atoms with Crippen LogP contribution in [0.5, 0.6) is 5.75 Å². The van der Waals surface area contributed by atoms with Crippen molar-refractivity contribution in [3.63, 3.8) is 0 Å². The first-order valence-corrected chi connectivity index (χ1v) is 7.44. The molecule has 0 saturated heterocycles. The standard InChI is InChI=1S/C17H17ClN2O/c1-3-9-20-15-10-12(18)7-8-14(15)19-17(20)13-6-4-5-11(2)16(13)21/h4-8,10,21H,3,9H2,1-2H3. The van der Waals surface area contributed by atoms with Gasteiger partial charge in [-0.3, -0.25) is 0 Å². The lowest BCUT2D eigenvalue weighted by Gasteiger charge is -2.10. The molecule has 4 heteroatoms. The Morgan fingerprint density at radius 1 is 1.24 bits per heavy atom. The second kappa shape index (κ2) is 5.41. The van der Waals surface area contributed by atoms with E-state index in [1.54, 1.807) is 0 Å². The number of phenols is 1. The number of fused-ring (bicyclic) bond motifs is 1. The first-order chi connectivity index (χ1) is 10.1. The van der Waals surface area contributed by atoms with E-state index in [1.165, 1.54) is 0 Å². The van der Waals surface area contributed by atoms with E-state index in [2.05, 4.69) is 16.5 Å². The predicted molar refractivity (Wildman–Crippen MR) is 86.9 cm³/mol. The summed E-state index contributed by atoms with van der Waals surface area (Å²) < 4.78 is 2.12. The van der Waals surface area contributed by atoms with Gasteiger partial charge in [-0.2, -0.15) is 0 Å². The fourth-order valence-corrected chi connectivity index (χ4v) is 2.76. The number of para-hydroxylation sites is 1.